The summed E-state index contributed by atoms with van der Waals surface area (Å²) in [5.41, 5.74) is 2.68. The van der Waals surface area contributed by atoms with E-state index in [4.69, 9.17) is 16.3 Å². The number of hydrogen-bond donors (Lipinski definition) is 3. The van der Waals surface area contributed by atoms with E-state index in [2.05, 4.69) is 16.6 Å². The summed E-state index contributed by atoms with van der Waals surface area (Å²) in [4.78, 5) is 37.1. The molecule has 0 aromatic heterocycles. The first kappa shape index (κ1) is 27.1. The lowest BCUT2D eigenvalue weighted by Gasteiger charge is -2.21. The second-order valence-corrected chi connectivity index (χ2v) is 8.48. The van der Waals surface area contributed by atoms with Gasteiger partial charge < -0.3 is 20.5 Å². The van der Waals surface area contributed by atoms with Gasteiger partial charge in [0.1, 0.15) is 17.9 Å². The molecule has 190 valence electrons. The maximum atomic E-state index is 13.6. The number of aromatic carboxylic acids is 1. The van der Waals surface area contributed by atoms with Crippen LogP contribution in [-0.2, 0) is 22.6 Å². The molecule has 2 atom stereocenters. The highest BCUT2D eigenvalue weighted by atomic mass is 19.1. The van der Waals surface area contributed by atoms with Crippen molar-refractivity contribution in [2.24, 2.45) is 0 Å². The highest BCUT2D eigenvalue weighted by Gasteiger charge is 2.24. The van der Waals surface area contributed by atoms with Crippen LogP contribution in [0.1, 0.15) is 37.4 Å². The number of terminal acetylenes is 1. The molecule has 37 heavy (non-hydrogen) atoms. The van der Waals surface area contributed by atoms with Gasteiger partial charge in [0.15, 0.2) is 0 Å². The lowest BCUT2D eigenvalue weighted by atomic mass is 10.0. The van der Waals surface area contributed by atoms with Gasteiger partial charge in [-0.2, -0.15) is 0 Å². The number of ether oxygens (including phenoxy) is 1. The van der Waals surface area contributed by atoms with Crippen LogP contribution in [0.3, 0.4) is 0 Å². The van der Waals surface area contributed by atoms with Gasteiger partial charge >= 0.3 is 5.97 Å². The molecule has 3 rings (SSSR count). The van der Waals surface area contributed by atoms with Crippen LogP contribution in [0, 0.1) is 25.1 Å². The summed E-state index contributed by atoms with van der Waals surface area (Å²) in [6.07, 6.45) is 5.78. The second kappa shape index (κ2) is 13.0. The van der Waals surface area contributed by atoms with Gasteiger partial charge in [0.2, 0.25) is 5.91 Å². The van der Waals surface area contributed by atoms with E-state index < -0.39 is 35.7 Å². The molecule has 7 nitrogen and oxygen atoms in total. The Bertz CT molecular complexity index is 1320. The molecule has 0 aliphatic rings. The summed E-state index contributed by atoms with van der Waals surface area (Å²) in [7, 11) is 0. The number of rotatable bonds is 11. The van der Waals surface area contributed by atoms with Crippen molar-refractivity contribution in [1.82, 2.24) is 10.6 Å². The Morgan fingerprint density at radius 2 is 1.68 bits per heavy atom. The van der Waals surface area contributed by atoms with Gasteiger partial charge in [0, 0.05) is 12.0 Å². The van der Waals surface area contributed by atoms with Crippen molar-refractivity contribution in [2.45, 2.75) is 32.0 Å². The smallest absolute Gasteiger partial charge is 0.335 e. The van der Waals surface area contributed by atoms with E-state index in [9.17, 15) is 18.8 Å². The van der Waals surface area contributed by atoms with E-state index in [0.717, 1.165) is 17.2 Å². The SMILES string of the molecule is C#C[C@H](COCc1cccc(C(=O)O)c1)NC(=O)[C@H](Cc1cccc(C)c1)NC(=O)c1cccc(F)c1. The summed E-state index contributed by atoms with van der Waals surface area (Å²) in [5, 5.41) is 14.5. The average Bonchev–Trinajstić information content (AvgIpc) is 2.87. The van der Waals surface area contributed by atoms with E-state index in [1.165, 1.54) is 30.3 Å². The predicted octanol–water partition coefficient (Wildman–Crippen LogP) is 3.51. The molecule has 0 saturated heterocycles. The summed E-state index contributed by atoms with van der Waals surface area (Å²) in [6.45, 7) is 1.98. The molecule has 0 bridgehead atoms. The molecular weight excluding hydrogens is 475 g/mol. The molecule has 0 radical (unpaired) electrons. The number of amides is 2. The fourth-order valence-electron chi connectivity index (χ4n) is 3.65. The number of nitrogens with one attached hydrogen (secondary N) is 2. The largest absolute Gasteiger partial charge is 0.478 e. The Labute approximate surface area is 214 Å². The molecule has 3 aromatic rings. The van der Waals surface area contributed by atoms with Gasteiger partial charge in [-0.25, -0.2) is 9.18 Å². The Morgan fingerprint density at radius 3 is 2.38 bits per heavy atom. The van der Waals surface area contributed by atoms with E-state index in [1.54, 1.807) is 12.1 Å². The maximum Gasteiger partial charge on any atom is 0.335 e. The Morgan fingerprint density at radius 1 is 0.973 bits per heavy atom. The molecule has 0 aliphatic heterocycles. The monoisotopic (exact) mass is 502 g/mol. The number of carbonyl (C=O) groups excluding carboxylic acids is 2. The summed E-state index contributed by atoms with van der Waals surface area (Å²) in [5.74, 6) is -0.275. The lowest BCUT2D eigenvalue weighted by Crippen LogP contribution is -2.51. The minimum absolute atomic E-state index is 0.0332. The molecule has 0 spiro atoms. The predicted molar refractivity (Wildman–Crippen MR) is 136 cm³/mol. The van der Waals surface area contributed by atoms with Gasteiger partial charge in [0.25, 0.3) is 5.91 Å². The van der Waals surface area contributed by atoms with Gasteiger partial charge in [-0.3, -0.25) is 9.59 Å². The molecule has 3 aromatic carbocycles. The van der Waals surface area contributed by atoms with Crippen LogP contribution in [0.2, 0.25) is 0 Å². The number of halogens is 1. The normalized spacial score (nSPS) is 12.1. The van der Waals surface area contributed by atoms with Crippen LogP contribution in [0.5, 0.6) is 0 Å². The average molecular weight is 503 g/mol. The van der Waals surface area contributed by atoms with Gasteiger partial charge in [-0.1, -0.05) is 53.9 Å². The summed E-state index contributed by atoms with van der Waals surface area (Å²) >= 11 is 0. The first-order valence-electron chi connectivity index (χ1n) is 11.5. The van der Waals surface area contributed by atoms with Crippen LogP contribution in [0.15, 0.2) is 72.8 Å². The van der Waals surface area contributed by atoms with Crippen molar-refractivity contribution >= 4 is 17.8 Å². The number of carboxylic acid groups (broad SMARTS) is 1. The van der Waals surface area contributed by atoms with E-state index in [1.807, 2.05) is 31.2 Å². The highest BCUT2D eigenvalue weighted by molar-refractivity contribution is 5.97. The van der Waals surface area contributed by atoms with Crippen molar-refractivity contribution < 1.29 is 28.6 Å². The van der Waals surface area contributed by atoms with Gasteiger partial charge in [-0.15, -0.1) is 6.42 Å². The van der Waals surface area contributed by atoms with Crippen LogP contribution in [0.25, 0.3) is 0 Å². The molecular formula is C29H27FN2O5. The minimum Gasteiger partial charge on any atom is -0.478 e. The van der Waals surface area contributed by atoms with Crippen molar-refractivity contribution in [2.75, 3.05) is 6.61 Å². The van der Waals surface area contributed by atoms with Crippen LogP contribution in [0.4, 0.5) is 4.39 Å². The molecule has 0 saturated carbocycles. The third-order valence-corrected chi connectivity index (χ3v) is 5.48. The van der Waals surface area contributed by atoms with Crippen LogP contribution >= 0.6 is 0 Å². The van der Waals surface area contributed by atoms with Gasteiger partial charge in [0.05, 0.1) is 18.8 Å². The zero-order valence-corrected chi connectivity index (χ0v) is 20.2. The lowest BCUT2D eigenvalue weighted by molar-refractivity contribution is -0.123. The maximum absolute atomic E-state index is 13.6. The Kier molecular flexibility index (Phi) is 9.53. The zero-order valence-electron chi connectivity index (χ0n) is 20.2. The molecule has 0 fully saturated rings. The molecule has 0 unspecified atom stereocenters. The van der Waals surface area contributed by atoms with Crippen LogP contribution in [-0.4, -0.2) is 41.6 Å². The van der Waals surface area contributed by atoms with Crippen molar-refractivity contribution in [3.8, 4) is 12.3 Å². The zero-order chi connectivity index (χ0) is 26.8. The number of benzene rings is 3. The van der Waals surface area contributed by atoms with Gasteiger partial charge in [-0.05, 0) is 48.4 Å². The molecule has 0 heterocycles. The standard InChI is InChI=1S/C29H27FN2O5/c1-3-25(18-37-17-21-9-5-11-23(14-21)29(35)36)31-28(34)26(15-20-8-4-7-19(2)13-20)32-27(33)22-10-6-12-24(30)16-22/h1,4-14,16,25-26H,15,17-18H2,2H3,(H,31,34)(H,32,33)(H,35,36)/t25-,26+/m1/s1. The van der Waals surface area contributed by atoms with Crippen molar-refractivity contribution in [1.29, 1.82) is 0 Å². The van der Waals surface area contributed by atoms with E-state index in [-0.39, 0.29) is 30.8 Å². The molecule has 2 amide bonds. The molecule has 3 N–H and O–H groups in total. The van der Waals surface area contributed by atoms with Crippen molar-refractivity contribution in [3.63, 3.8) is 0 Å². The number of carboxylic acids is 1. The Balaban J connectivity index is 1.67. The number of aryl methyl sites for hydroxylation is 1. The fraction of sp³-hybridized carbons (Fsp3) is 0.207. The third-order valence-electron chi connectivity index (χ3n) is 5.48. The van der Waals surface area contributed by atoms with E-state index >= 15 is 0 Å². The summed E-state index contributed by atoms with van der Waals surface area (Å²) < 4.78 is 19.2. The topological polar surface area (TPSA) is 105 Å². The molecule has 8 heteroatoms. The fourth-order valence-corrected chi connectivity index (χ4v) is 3.65. The first-order valence-corrected chi connectivity index (χ1v) is 11.5. The molecule has 0 aliphatic carbocycles. The van der Waals surface area contributed by atoms with Crippen molar-refractivity contribution in [3.05, 3.63) is 106 Å². The third kappa shape index (κ3) is 8.30. The second-order valence-electron chi connectivity index (χ2n) is 8.48. The number of hydrogen-bond acceptors (Lipinski definition) is 4. The highest BCUT2D eigenvalue weighted by Crippen LogP contribution is 2.10. The van der Waals surface area contributed by atoms with Crippen LogP contribution < -0.4 is 10.6 Å². The quantitative estimate of drug-likeness (QED) is 0.348. The van der Waals surface area contributed by atoms with E-state index in [0.29, 0.717) is 5.56 Å². The Hall–Kier alpha value is -4.48. The minimum atomic E-state index is -1.05. The first-order chi connectivity index (χ1) is 17.7. The summed E-state index contributed by atoms with van der Waals surface area (Å²) in [6, 6.07) is 17.2. The number of carbonyl (C=O) groups is 3.